The summed E-state index contributed by atoms with van der Waals surface area (Å²) in [6.45, 7) is 6.31. The van der Waals surface area contributed by atoms with Gasteiger partial charge in [-0.1, -0.05) is 19.8 Å². The molecule has 0 fully saturated rings. The minimum Gasteiger partial charge on any atom is -0.379 e. The Kier molecular flexibility index (Phi) is 10.9. The molecular formula is C11H25NO2. The Balaban J connectivity index is 2.85. The number of hydrogen-bond acceptors (Lipinski definition) is 3. The molecule has 0 rings (SSSR count). The first kappa shape index (κ1) is 13.9. The Morgan fingerprint density at radius 2 is 1.50 bits per heavy atom. The summed E-state index contributed by atoms with van der Waals surface area (Å²) in [4.78, 5) is 2.11. The highest BCUT2D eigenvalue weighted by Crippen LogP contribution is 1.93. The third-order valence-electron chi connectivity index (χ3n) is 1.95. The molecule has 0 radical (unpaired) electrons. The van der Waals surface area contributed by atoms with E-state index >= 15 is 0 Å². The lowest BCUT2D eigenvalue weighted by Crippen LogP contribution is -2.19. The lowest BCUT2D eigenvalue weighted by atomic mass is 10.3. The summed E-state index contributed by atoms with van der Waals surface area (Å²) >= 11 is 0. The maximum atomic E-state index is 5.40. The molecule has 14 heavy (non-hydrogen) atoms. The van der Waals surface area contributed by atoms with Gasteiger partial charge in [0, 0.05) is 13.2 Å². The van der Waals surface area contributed by atoms with Gasteiger partial charge in [0.05, 0.1) is 19.8 Å². The fourth-order valence-electron chi connectivity index (χ4n) is 1.02. The first-order valence-corrected chi connectivity index (χ1v) is 5.57. The molecule has 3 heteroatoms. The maximum absolute atomic E-state index is 5.40. The zero-order valence-electron chi connectivity index (χ0n) is 9.92. The number of rotatable bonds is 10. The number of nitrogens with zero attached hydrogens (tertiary/aromatic N) is 1. The second-order valence-electron chi connectivity index (χ2n) is 3.74. The van der Waals surface area contributed by atoms with Gasteiger partial charge in [-0.3, -0.25) is 0 Å². The molecule has 0 aliphatic rings. The fourth-order valence-corrected chi connectivity index (χ4v) is 1.02. The van der Waals surface area contributed by atoms with Crippen LogP contribution in [0.25, 0.3) is 0 Å². The third-order valence-corrected chi connectivity index (χ3v) is 1.95. The zero-order valence-corrected chi connectivity index (χ0v) is 9.92. The lowest BCUT2D eigenvalue weighted by Gasteiger charge is -2.09. The minimum atomic E-state index is 0.722. The van der Waals surface area contributed by atoms with Gasteiger partial charge in [-0.2, -0.15) is 0 Å². The summed E-state index contributed by atoms with van der Waals surface area (Å²) in [6.07, 6.45) is 3.69. The van der Waals surface area contributed by atoms with Gasteiger partial charge < -0.3 is 14.4 Å². The van der Waals surface area contributed by atoms with Crippen LogP contribution >= 0.6 is 0 Å². The predicted molar refractivity (Wildman–Crippen MR) is 59.7 cm³/mol. The van der Waals surface area contributed by atoms with Gasteiger partial charge in [0.25, 0.3) is 0 Å². The van der Waals surface area contributed by atoms with Crippen LogP contribution in [0.2, 0.25) is 0 Å². The van der Waals surface area contributed by atoms with Crippen LogP contribution in [-0.2, 0) is 9.47 Å². The van der Waals surface area contributed by atoms with Crippen LogP contribution in [0.3, 0.4) is 0 Å². The van der Waals surface area contributed by atoms with Crippen molar-refractivity contribution in [1.29, 1.82) is 0 Å². The molecule has 0 atom stereocenters. The molecule has 0 spiro atoms. The van der Waals surface area contributed by atoms with E-state index in [1.165, 1.54) is 19.3 Å². The van der Waals surface area contributed by atoms with E-state index in [0.29, 0.717) is 0 Å². The molecule has 0 heterocycles. The van der Waals surface area contributed by atoms with Gasteiger partial charge in [-0.05, 0) is 20.5 Å². The average Bonchev–Trinajstić information content (AvgIpc) is 2.15. The third kappa shape index (κ3) is 11.9. The van der Waals surface area contributed by atoms with Crippen LogP contribution in [0.5, 0.6) is 0 Å². The van der Waals surface area contributed by atoms with Crippen molar-refractivity contribution >= 4 is 0 Å². The van der Waals surface area contributed by atoms with E-state index in [4.69, 9.17) is 9.47 Å². The molecule has 0 aromatic rings. The standard InChI is InChI=1S/C11H25NO2/c1-4-5-6-8-13-10-11-14-9-7-12(2)3/h4-11H2,1-3H3. The molecule has 86 valence electrons. The van der Waals surface area contributed by atoms with Gasteiger partial charge >= 0.3 is 0 Å². The Bertz CT molecular complexity index is 107. The summed E-state index contributed by atoms with van der Waals surface area (Å²) in [5, 5.41) is 0. The summed E-state index contributed by atoms with van der Waals surface area (Å²) in [7, 11) is 4.09. The highest BCUT2D eigenvalue weighted by atomic mass is 16.5. The lowest BCUT2D eigenvalue weighted by molar-refractivity contribution is 0.0415. The normalized spacial score (nSPS) is 11.1. The fraction of sp³-hybridized carbons (Fsp3) is 1.00. The Morgan fingerprint density at radius 3 is 2.07 bits per heavy atom. The van der Waals surface area contributed by atoms with Crippen LogP contribution in [0.15, 0.2) is 0 Å². The maximum Gasteiger partial charge on any atom is 0.0701 e. The van der Waals surface area contributed by atoms with E-state index in [1.807, 2.05) is 14.1 Å². The second-order valence-corrected chi connectivity index (χ2v) is 3.74. The number of hydrogen-bond donors (Lipinski definition) is 0. The van der Waals surface area contributed by atoms with Crippen molar-refractivity contribution < 1.29 is 9.47 Å². The van der Waals surface area contributed by atoms with Crippen molar-refractivity contribution in [3.8, 4) is 0 Å². The summed E-state index contributed by atoms with van der Waals surface area (Å²) in [5.41, 5.74) is 0. The first-order valence-electron chi connectivity index (χ1n) is 5.57. The van der Waals surface area contributed by atoms with Crippen LogP contribution in [0, 0.1) is 0 Å². The van der Waals surface area contributed by atoms with Gasteiger partial charge in [0.2, 0.25) is 0 Å². The van der Waals surface area contributed by atoms with Crippen molar-refractivity contribution in [3.05, 3.63) is 0 Å². The van der Waals surface area contributed by atoms with Crippen molar-refractivity contribution in [1.82, 2.24) is 4.90 Å². The molecule has 0 saturated heterocycles. The van der Waals surface area contributed by atoms with E-state index in [1.54, 1.807) is 0 Å². The highest BCUT2D eigenvalue weighted by molar-refractivity contribution is 4.40. The summed E-state index contributed by atoms with van der Waals surface area (Å²) < 4.78 is 10.8. The van der Waals surface area contributed by atoms with Gasteiger partial charge in [0.15, 0.2) is 0 Å². The molecule has 3 nitrogen and oxygen atoms in total. The zero-order chi connectivity index (χ0) is 10.6. The predicted octanol–water partition coefficient (Wildman–Crippen LogP) is 1.77. The second kappa shape index (κ2) is 11.0. The molecule has 0 N–H and O–H groups in total. The Labute approximate surface area is 88.4 Å². The molecule has 0 aliphatic heterocycles. The number of likely N-dealkylation sites (N-methyl/N-ethyl adjacent to an activating group) is 1. The largest absolute Gasteiger partial charge is 0.379 e. The number of ether oxygens (including phenoxy) is 2. The quantitative estimate of drug-likeness (QED) is 0.505. The molecule has 0 amide bonds. The van der Waals surface area contributed by atoms with Crippen molar-refractivity contribution in [3.63, 3.8) is 0 Å². The van der Waals surface area contributed by atoms with Gasteiger partial charge in [-0.15, -0.1) is 0 Å². The summed E-state index contributed by atoms with van der Waals surface area (Å²) in [5.74, 6) is 0. The van der Waals surface area contributed by atoms with E-state index in [9.17, 15) is 0 Å². The first-order chi connectivity index (χ1) is 6.77. The molecule has 0 aromatic carbocycles. The Hall–Kier alpha value is -0.120. The summed E-state index contributed by atoms with van der Waals surface area (Å²) in [6, 6.07) is 0. The molecule has 0 unspecified atom stereocenters. The van der Waals surface area contributed by atoms with Crippen molar-refractivity contribution in [2.24, 2.45) is 0 Å². The average molecular weight is 203 g/mol. The van der Waals surface area contributed by atoms with Gasteiger partial charge in [0.1, 0.15) is 0 Å². The van der Waals surface area contributed by atoms with E-state index < -0.39 is 0 Å². The van der Waals surface area contributed by atoms with E-state index in [2.05, 4.69) is 11.8 Å². The van der Waals surface area contributed by atoms with Gasteiger partial charge in [-0.25, -0.2) is 0 Å². The van der Waals surface area contributed by atoms with Crippen LogP contribution in [0.1, 0.15) is 26.2 Å². The van der Waals surface area contributed by atoms with Crippen molar-refractivity contribution in [2.45, 2.75) is 26.2 Å². The van der Waals surface area contributed by atoms with Crippen molar-refractivity contribution in [2.75, 3.05) is 47.1 Å². The smallest absolute Gasteiger partial charge is 0.0701 e. The molecule has 0 aliphatic carbocycles. The minimum absolute atomic E-state index is 0.722. The molecule has 0 saturated carbocycles. The number of unbranched alkanes of at least 4 members (excludes halogenated alkanes) is 2. The van der Waals surface area contributed by atoms with Crippen LogP contribution in [-0.4, -0.2) is 52.0 Å². The van der Waals surface area contributed by atoms with Crippen LogP contribution < -0.4 is 0 Å². The highest BCUT2D eigenvalue weighted by Gasteiger charge is 1.91. The molecule has 0 aromatic heterocycles. The van der Waals surface area contributed by atoms with E-state index in [-0.39, 0.29) is 0 Å². The molecular weight excluding hydrogens is 178 g/mol. The van der Waals surface area contributed by atoms with E-state index in [0.717, 1.165) is 33.0 Å². The SMILES string of the molecule is CCCCCOCCOCCN(C)C. The monoisotopic (exact) mass is 203 g/mol. The Morgan fingerprint density at radius 1 is 0.857 bits per heavy atom. The molecule has 0 bridgehead atoms. The van der Waals surface area contributed by atoms with Crippen LogP contribution in [0.4, 0.5) is 0 Å². The topological polar surface area (TPSA) is 21.7 Å².